The molecular formula is C23H36N4O6S. The van der Waals surface area contributed by atoms with Crippen LogP contribution in [-0.2, 0) is 25.6 Å². The van der Waals surface area contributed by atoms with Gasteiger partial charge in [0.15, 0.2) is 0 Å². The fourth-order valence-electron chi connectivity index (χ4n) is 3.15. The highest BCUT2D eigenvalue weighted by molar-refractivity contribution is 7.80. The summed E-state index contributed by atoms with van der Waals surface area (Å²) in [5.74, 6) is -3.52. The van der Waals surface area contributed by atoms with Crippen LogP contribution in [0, 0.1) is 11.8 Å². The molecule has 0 aliphatic heterocycles. The lowest BCUT2D eigenvalue weighted by Crippen LogP contribution is -2.59. The minimum Gasteiger partial charge on any atom is -0.508 e. The quantitative estimate of drug-likeness (QED) is 0.194. The van der Waals surface area contributed by atoms with Crippen molar-refractivity contribution in [2.24, 2.45) is 17.6 Å². The molecule has 0 aromatic heterocycles. The summed E-state index contributed by atoms with van der Waals surface area (Å²) in [4.78, 5) is 50.1. The number of phenols is 1. The third-order valence-electron chi connectivity index (χ3n) is 5.57. The second kappa shape index (κ2) is 13.8. The van der Waals surface area contributed by atoms with Crippen molar-refractivity contribution in [1.29, 1.82) is 0 Å². The maximum atomic E-state index is 13.1. The molecular weight excluding hydrogens is 460 g/mol. The summed E-state index contributed by atoms with van der Waals surface area (Å²) in [7, 11) is 0. The van der Waals surface area contributed by atoms with Gasteiger partial charge >= 0.3 is 5.97 Å². The minimum atomic E-state index is -1.18. The van der Waals surface area contributed by atoms with Crippen molar-refractivity contribution in [1.82, 2.24) is 16.0 Å². The summed E-state index contributed by atoms with van der Waals surface area (Å²) < 4.78 is 0. The number of carboxylic acids is 1. The van der Waals surface area contributed by atoms with E-state index >= 15 is 0 Å². The van der Waals surface area contributed by atoms with Crippen LogP contribution in [0.3, 0.4) is 0 Å². The van der Waals surface area contributed by atoms with Gasteiger partial charge in [-0.2, -0.15) is 12.6 Å². The largest absolute Gasteiger partial charge is 0.508 e. The fourth-order valence-corrected chi connectivity index (χ4v) is 3.32. The first kappa shape index (κ1) is 29.2. The average Bonchev–Trinajstić information content (AvgIpc) is 2.79. The molecule has 0 fully saturated rings. The number of nitrogens with two attached hydrogens (primary N) is 1. The molecule has 0 spiro atoms. The van der Waals surface area contributed by atoms with E-state index in [-0.39, 0.29) is 29.8 Å². The molecule has 1 aromatic carbocycles. The zero-order chi connectivity index (χ0) is 26.0. The Hall–Kier alpha value is -2.79. The molecule has 0 saturated carbocycles. The SMILES string of the molecule is CCC(C)C(NC(=O)C(Cc1ccc(O)cc1)NC(=O)C(NC(=O)C(N)CS)C(C)C)C(=O)O. The van der Waals surface area contributed by atoms with Crippen molar-refractivity contribution >= 4 is 36.3 Å². The van der Waals surface area contributed by atoms with E-state index in [4.69, 9.17) is 5.73 Å². The van der Waals surface area contributed by atoms with E-state index in [9.17, 15) is 29.4 Å². The van der Waals surface area contributed by atoms with Gasteiger partial charge in [-0.25, -0.2) is 4.79 Å². The van der Waals surface area contributed by atoms with Crippen molar-refractivity contribution in [2.75, 3.05) is 5.75 Å². The predicted octanol–water partition coefficient (Wildman–Crippen LogP) is 0.433. The van der Waals surface area contributed by atoms with Crippen LogP contribution in [0.2, 0.25) is 0 Å². The van der Waals surface area contributed by atoms with Gasteiger partial charge in [0.25, 0.3) is 0 Å². The fraction of sp³-hybridized carbons (Fsp3) is 0.565. The van der Waals surface area contributed by atoms with Crippen molar-refractivity contribution in [3.05, 3.63) is 29.8 Å². The molecule has 1 rings (SSSR count). The van der Waals surface area contributed by atoms with Gasteiger partial charge in [0.05, 0.1) is 6.04 Å². The standard InChI is InChI=1S/C23H36N4O6S/c1-5-13(4)19(23(32)33)27-21(30)17(10-14-6-8-15(28)9-7-14)25-22(31)18(12(2)3)26-20(29)16(24)11-34/h6-9,12-13,16-19,28,34H,5,10-11,24H2,1-4H3,(H,25,31)(H,26,29)(H,27,30)(H,32,33). The molecule has 11 heteroatoms. The Morgan fingerprint density at radius 3 is 1.97 bits per heavy atom. The number of benzene rings is 1. The summed E-state index contributed by atoms with van der Waals surface area (Å²) >= 11 is 3.99. The van der Waals surface area contributed by atoms with Crippen molar-refractivity contribution in [3.63, 3.8) is 0 Å². The first-order chi connectivity index (χ1) is 15.9. The number of carbonyl (C=O) groups excluding carboxylic acids is 3. The van der Waals surface area contributed by atoms with Gasteiger partial charge < -0.3 is 31.9 Å². The van der Waals surface area contributed by atoms with Gasteiger partial charge in [-0.3, -0.25) is 14.4 Å². The highest BCUT2D eigenvalue weighted by atomic mass is 32.1. The van der Waals surface area contributed by atoms with Crippen LogP contribution in [0.4, 0.5) is 0 Å². The van der Waals surface area contributed by atoms with E-state index in [2.05, 4.69) is 28.6 Å². The van der Waals surface area contributed by atoms with Crippen LogP contribution >= 0.6 is 12.6 Å². The van der Waals surface area contributed by atoms with Crippen LogP contribution in [0.15, 0.2) is 24.3 Å². The van der Waals surface area contributed by atoms with Gasteiger partial charge in [0.2, 0.25) is 17.7 Å². The third kappa shape index (κ3) is 8.86. The predicted molar refractivity (Wildman–Crippen MR) is 131 cm³/mol. The van der Waals surface area contributed by atoms with Crippen molar-refractivity contribution in [2.45, 2.75) is 64.7 Å². The first-order valence-corrected chi connectivity index (χ1v) is 11.8. The maximum Gasteiger partial charge on any atom is 0.326 e. The topological polar surface area (TPSA) is 171 Å². The number of carbonyl (C=O) groups is 4. The summed E-state index contributed by atoms with van der Waals surface area (Å²) in [6.45, 7) is 6.99. The van der Waals surface area contributed by atoms with Crippen molar-refractivity contribution < 1.29 is 29.4 Å². The van der Waals surface area contributed by atoms with Gasteiger partial charge in [0, 0.05) is 12.2 Å². The molecule has 0 heterocycles. The maximum absolute atomic E-state index is 13.1. The monoisotopic (exact) mass is 496 g/mol. The first-order valence-electron chi connectivity index (χ1n) is 11.2. The minimum absolute atomic E-state index is 0.0413. The number of aliphatic carboxylic acids is 1. The Kier molecular flexibility index (Phi) is 11.9. The van der Waals surface area contributed by atoms with E-state index in [1.807, 2.05) is 6.92 Å². The molecule has 1 aromatic rings. The number of rotatable bonds is 13. The average molecular weight is 497 g/mol. The smallest absolute Gasteiger partial charge is 0.326 e. The normalized spacial score (nSPS) is 15.5. The second-order valence-electron chi connectivity index (χ2n) is 8.66. The summed E-state index contributed by atoms with van der Waals surface area (Å²) in [6, 6.07) is 1.95. The summed E-state index contributed by atoms with van der Waals surface area (Å²) in [5.41, 5.74) is 6.33. The van der Waals surface area contributed by atoms with E-state index in [1.54, 1.807) is 32.9 Å². The van der Waals surface area contributed by atoms with Crippen LogP contribution in [0.5, 0.6) is 5.75 Å². The number of carboxylic acid groups (broad SMARTS) is 1. The third-order valence-corrected chi connectivity index (χ3v) is 5.96. The Bertz CT molecular complexity index is 848. The number of hydrogen-bond acceptors (Lipinski definition) is 7. The number of amides is 3. The number of thiol groups is 1. The summed E-state index contributed by atoms with van der Waals surface area (Å²) in [5, 5.41) is 26.8. The number of phenolic OH excluding ortho intramolecular Hbond substituents is 1. The Morgan fingerprint density at radius 2 is 1.50 bits per heavy atom. The van der Waals surface area contributed by atoms with E-state index in [0.29, 0.717) is 12.0 Å². The van der Waals surface area contributed by atoms with Gasteiger partial charge in [-0.15, -0.1) is 0 Å². The van der Waals surface area contributed by atoms with E-state index < -0.39 is 47.9 Å². The zero-order valence-corrected chi connectivity index (χ0v) is 20.8. The molecule has 190 valence electrons. The molecule has 34 heavy (non-hydrogen) atoms. The Morgan fingerprint density at radius 1 is 0.941 bits per heavy atom. The second-order valence-corrected chi connectivity index (χ2v) is 9.03. The lowest BCUT2D eigenvalue weighted by atomic mass is 9.97. The van der Waals surface area contributed by atoms with Gasteiger partial charge in [-0.05, 0) is 29.5 Å². The van der Waals surface area contributed by atoms with Crippen LogP contribution in [-0.4, -0.2) is 63.8 Å². The Labute approximate surface area is 205 Å². The molecule has 7 N–H and O–H groups in total. The van der Waals surface area contributed by atoms with Crippen LogP contribution in [0.1, 0.15) is 39.7 Å². The highest BCUT2D eigenvalue weighted by Crippen LogP contribution is 2.13. The molecule has 5 unspecified atom stereocenters. The molecule has 5 atom stereocenters. The highest BCUT2D eigenvalue weighted by Gasteiger charge is 2.33. The summed E-state index contributed by atoms with van der Waals surface area (Å²) in [6.07, 6.45) is 0.568. The van der Waals surface area contributed by atoms with Gasteiger partial charge in [0.1, 0.15) is 23.9 Å². The lowest BCUT2D eigenvalue weighted by Gasteiger charge is -2.28. The van der Waals surface area contributed by atoms with Crippen LogP contribution < -0.4 is 21.7 Å². The molecule has 0 aliphatic rings. The van der Waals surface area contributed by atoms with E-state index in [1.165, 1.54) is 12.1 Å². The van der Waals surface area contributed by atoms with E-state index in [0.717, 1.165) is 0 Å². The molecule has 0 saturated heterocycles. The van der Waals surface area contributed by atoms with Crippen molar-refractivity contribution in [3.8, 4) is 5.75 Å². The van der Waals surface area contributed by atoms with Crippen LogP contribution in [0.25, 0.3) is 0 Å². The molecule has 10 nitrogen and oxygen atoms in total. The Balaban J connectivity index is 3.16. The molecule has 3 amide bonds. The molecule has 0 aliphatic carbocycles. The zero-order valence-electron chi connectivity index (χ0n) is 19.9. The number of aromatic hydroxyl groups is 1. The number of hydrogen-bond donors (Lipinski definition) is 7. The lowest BCUT2D eigenvalue weighted by molar-refractivity contribution is -0.143. The van der Waals surface area contributed by atoms with Gasteiger partial charge in [-0.1, -0.05) is 46.2 Å². The number of nitrogens with one attached hydrogen (secondary N) is 3. The molecule has 0 radical (unpaired) electrons. The molecule has 0 bridgehead atoms.